The highest BCUT2D eigenvalue weighted by atomic mass is 16.5. The largest absolute Gasteiger partial charge is 0.338 e. The molecule has 2 heterocycles. The first-order chi connectivity index (χ1) is 10.2. The van der Waals surface area contributed by atoms with E-state index in [0.717, 1.165) is 45.2 Å². The Hall–Kier alpha value is -1.72. The molecule has 0 spiro atoms. The molecule has 1 aliphatic heterocycles. The van der Waals surface area contributed by atoms with Crippen LogP contribution in [0.15, 0.2) is 28.8 Å². The summed E-state index contributed by atoms with van der Waals surface area (Å²) in [6.07, 6.45) is 0. The third kappa shape index (κ3) is 3.68. The Morgan fingerprint density at radius 2 is 1.67 bits per heavy atom. The Kier molecular flexibility index (Phi) is 4.31. The summed E-state index contributed by atoms with van der Waals surface area (Å²) in [6.45, 7) is 10.1. The van der Waals surface area contributed by atoms with Crippen molar-refractivity contribution in [1.82, 2.24) is 19.9 Å². The zero-order valence-electron chi connectivity index (χ0n) is 12.7. The van der Waals surface area contributed by atoms with Gasteiger partial charge in [0, 0.05) is 32.7 Å². The Bertz CT molecular complexity index is 587. The van der Waals surface area contributed by atoms with E-state index in [1.807, 2.05) is 6.92 Å². The van der Waals surface area contributed by atoms with Gasteiger partial charge in [0.25, 0.3) is 0 Å². The van der Waals surface area contributed by atoms with Crippen molar-refractivity contribution in [3.63, 3.8) is 0 Å². The number of aryl methyl sites for hydroxylation is 2. The maximum absolute atomic E-state index is 5.19. The molecule has 1 aliphatic rings. The highest BCUT2D eigenvalue weighted by Crippen LogP contribution is 2.13. The second-order valence-corrected chi connectivity index (χ2v) is 5.71. The molecule has 0 radical (unpaired) electrons. The molecule has 5 heteroatoms. The number of hydrogen-bond donors (Lipinski definition) is 0. The van der Waals surface area contributed by atoms with E-state index < -0.39 is 0 Å². The van der Waals surface area contributed by atoms with Crippen LogP contribution in [-0.4, -0.2) is 46.1 Å². The van der Waals surface area contributed by atoms with Gasteiger partial charge in [-0.1, -0.05) is 29.4 Å². The minimum atomic E-state index is 0.711. The summed E-state index contributed by atoms with van der Waals surface area (Å²) >= 11 is 0. The third-order valence-corrected chi connectivity index (χ3v) is 4.05. The standard InChI is InChI=1S/C16H22N4O/c1-13-5-3-4-6-15(13)11-19-7-9-20(10-8-19)12-16-17-14(2)18-21-16/h3-6H,7-12H2,1-2H3. The summed E-state index contributed by atoms with van der Waals surface area (Å²) in [7, 11) is 0. The van der Waals surface area contributed by atoms with Crippen LogP contribution in [0.4, 0.5) is 0 Å². The van der Waals surface area contributed by atoms with E-state index in [-0.39, 0.29) is 0 Å². The Morgan fingerprint density at radius 1 is 1.00 bits per heavy atom. The van der Waals surface area contributed by atoms with E-state index in [1.165, 1.54) is 11.1 Å². The SMILES string of the molecule is Cc1noc(CN2CCN(Cc3ccccc3C)CC2)n1. The quantitative estimate of drug-likeness (QED) is 0.860. The number of hydrogen-bond acceptors (Lipinski definition) is 5. The van der Waals surface area contributed by atoms with Crippen molar-refractivity contribution in [1.29, 1.82) is 0 Å². The summed E-state index contributed by atoms with van der Waals surface area (Å²) in [4.78, 5) is 9.16. The fourth-order valence-corrected chi connectivity index (χ4v) is 2.73. The van der Waals surface area contributed by atoms with Gasteiger partial charge in [0.1, 0.15) is 0 Å². The number of nitrogens with zero attached hydrogens (tertiary/aromatic N) is 4. The second-order valence-electron chi connectivity index (χ2n) is 5.71. The van der Waals surface area contributed by atoms with Crippen LogP contribution in [0.5, 0.6) is 0 Å². The van der Waals surface area contributed by atoms with Gasteiger partial charge in [0.15, 0.2) is 5.82 Å². The lowest BCUT2D eigenvalue weighted by Gasteiger charge is -2.34. The van der Waals surface area contributed by atoms with Crippen molar-refractivity contribution in [3.05, 3.63) is 47.1 Å². The zero-order chi connectivity index (χ0) is 14.7. The number of piperazine rings is 1. The highest BCUT2D eigenvalue weighted by Gasteiger charge is 2.19. The zero-order valence-corrected chi connectivity index (χ0v) is 12.7. The van der Waals surface area contributed by atoms with Crippen LogP contribution in [-0.2, 0) is 13.1 Å². The van der Waals surface area contributed by atoms with Gasteiger partial charge in [-0.15, -0.1) is 0 Å². The number of aromatic nitrogens is 2. The van der Waals surface area contributed by atoms with Crippen LogP contribution < -0.4 is 0 Å². The van der Waals surface area contributed by atoms with E-state index in [9.17, 15) is 0 Å². The van der Waals surface area contributed by atoms with Crippen molar-refractivity contribution < 1.29 is 4.52 Å². The maximum atomic E-state index is 5.19. The molecule has 1 saturated heterocycles. The van der Waals surface area contributed by atoms with Crippen molar-refractivity contribution in [3.8, 4) is 0 Å². The average Bonchev–Trinajstić information content (AvgIpc) is 2.89. The summed E-state index contributed by atoms with van der Waals surface area (Å²) in [5.41, 5.74) is 2.81. The highest BCUT2D eigenvalue weighted by molar-refractivity contribution is 5.25. The molecule has 0 N–H and O–H groups in total. The molecule has 0 aliphatic carbocycles. The number of benzene rings is 1. The van der Waals surface area contributed by atoms with Gasteiger partial charge in [0.2, 0.25) is 5.89 Å². The molecule has 21 heavy (non-hydrogen) atoms. The summed E-state index contributed by atoms with van der Waals surface area (Å²) < 4.78 is 5.19. The molecule has 0 bridgehead atoms. The molecular weight excluding hydrogens is 264 g/mol. The molecule has 1 aromatic heterocycles. The molecule has 3 rings (SSSR count). The van der Waals surface area contributed by atoms with E-state index >= 15 is 0 Å². The first-order valence-electron chi connectivity index (χ1n) is 7.49. The van der Waals surface area contributed by atoms with Gasteiger partial charge in [0.05, 0.1) is 6.54 Å². The first-order valence-corrected chi connectivity index (χ1v) is 7.49. The van der Waals surface area contributed by atoms with Crippen LogP contribution in [0.3, 0.4) is 0 Å². The molecule has 2 aromatic rings. The summed E-state index contributed by atoms with van der Waals surface area (Å²) in [5, 5.41) is 3.84. The lowest BCUT2D eigenvalue weighted by Crippen LogP contribution is -2.45. The van der Waals surface area contributed by atoms with Crippen LogP contribution in [0, 0.1) is 13.8 Å². The van der Waals surface area contributed by atoms with Crippen LogP contribution in [0.2, 0.25) is 0 Å². The van der Waals surface area contributed by atoms with Crippen molar-refractivity contribution in [2.45, 2.75) is 26.9 Å². The maximum Gasteiger partial charge on any atom is 0.240 e. The molecule has 5 nitrogen and oxygen atoms in total. The molecule has 1 fully saturated rings. The summed E-state index contributed by atoms with van der Waals surface area (Å²) in [5.74, 6) is 1.43. The monoisotopic (exact) mass is 286 g/mol. The molecule has 112 valence electrons. The minimum absolute atomic E-state index is 0.711. The van der Waals surface area contributed by atoms with E-state index in [0.29, 0.717) is 5.82 Å². The minimum Gasteiger partial charge on any atom is -0.338 e. The molecular formula is C16H22N4O. The van der Waals surface area contributed by atoms with Gasteiger partial charge >= 0.3 is 0 Å². The Labute approximate surface area is 125 Å². The van der Waals surface area contributed by atoms with Crippen LogP contribution >= 0.6 is 0 Å². The van der Waals surface area contributed by atoms with Crippen molar-refractivity contribution >= 4 is 0 Å². The Morgan fingerprint density at radius 3 is 2.29 bits per heavy atom. The normalized spacial score (nSPS) is 17.2. The van der Waals surface area contributed by atoms with E-state index in [2.05, 4.69) is 51.1 Å². The molecule has 0 unspecified atom stereocenters. The lowest BCUT2D eigenvalue weighted by atomic mass is 10.1. The van der Waals surface area contributed by atoms with E-state index in [1.54, 1.807) is 0 Å². The first kappa shape index (κ1) is 14.2. The second kappa shape index (κ2) is 6.37. The predicted octanol–water partition coefficient (Wildman–Crippen LogP) is 2.00. The Balaban J connectivity index is 1.50. The topological polar surface area (TPSA) is 45.4 Å². The van der Waals surface area contributed by atoms with Crippen LogP contribution in [0.25, 0.3) is 0 Å². The third-order valence-electron chi connectivity index (χ3n) is 4.05. The van der Waals surface area contributed by atoms with Gasteiger partial charge in [-0.2, -0.15) is 4.98 Å². The smallest absolute Gasteiger partial charge is 0.240 e. The molecule has 0 amide bonds. The van der Waals surface area contributed by atoms with E-state index in [4.69, 9.17) is 4.52 Å². The van der Waals surface area contributed by atoms with Gasteiger partial charge in [-0.3, -0.25) is 9.80 Å². The van der Waals surface area contributed by atoms with Gasteiger partial charge in [-0.05, 0) is 25.0 Å². The molecule has 0 atom stereocenters. The van der Waals surface area contributed by atoms with Gasteiger partial charge in [-0.25, -0.2) is 0 Å². The van der Waals surface area contributed by atoms with Crippen molar-refractivity contribution in [2.24, 2.45) is 0 Å². The summed E-state index contributed by atoms with van der Waals surface area (Å²) in [6, 6.07) is 8.63. The molecule has 0 saturated carbocycles. The molecule has 1 aromatic carbocycles. The average molecular weight is 286 g/mol. The fraction of sp³-hybridized carbons (Fsp3) is 0.500. The van der Waals surface area contributed by atoms with Gasteiger partial charge < -0.3 is 4.52 Å². The predicted molar refractivity (Wildman–Crippen MR) is 80.8 cm³/mol. The fourth-order valence-electron chi connectivity index (χ4n) is 2.73. The van der Waals surface area contributed by atoms with Crippen molar-refractivity contribution in [2.75, 3.05) is 26.2 Å². The lowest BCUT2D eigenvalue weighted by molar-refractivity contribution is 0.112. The van der Waals surface area contributed by atoms with Crippen LogP contribution in [0.1, 0.15) is 22.8 Å². The number of rotatable bonds is 4.